The van der Waals surface area contributed by atoms with Gasteiger partial charge < -0.3 is 4.42 Å². The first-order valence-corrected chi connectivity index (χ1v) is 3.74. The number of hydrogen-bond donors (Lipinski definition) is 0. The van der Waals surface area contributed by atoms with E-state index in [2.05, 4.69) is 4.98 Å². The summed E-state index contributed by atoms with van der Waals surface area (Å²) in [4.78, 5) is 3.93. The summed E-state index contributed by atoms with van der Waals surface area (Å²) in [5.41, 5.74) is 0.894. The average Bonchev–Trinajstić information content (AvgIpc) is 2.55. The second kappa shape index (κ2) is 3.76. The largest absolute Gasteiger partial charge is 0.464 e. The lowest BCUT2D eigenvalue weighted by atomic mass is 10.3. The highest BCUT2D eigenvalue weighted by Crippen LogP contribution is 2.11. The van der Waals surface area contributed by atoms with Crippen LogP contribution < -0.4 is 0 Å². The van der Waals surface area contributed by atoms with Crippen molar-refractivity contribution in [3.63, 3.8) is 0 Å². The molecule has 0 fully saturated rings. The highest BCUT2D eigenvalue weighted by Gasteiger charge is 1.90. The van der Waals surface area contributed by atoms with Crippen LogP contribution in [0.2, 0.25) is 0 Å². The Hall–Kier alpha value is -1.31. The zero-order valence-corrected chi connectivity index (χ0v) is 6.74. The molecule has 0 aliphatic carbocycles. The third-order valence-corrected chi connectivity index (χ3v) is 1.25. The van der Waals surface area contributed by atoms with Crippen LogP contribution in [-0.2, 0) is 0 Å². The highest BCUT2D eigenvalue weighted by molar-refractivity contribution is 5.75. The Morgan fingerprint density at radius 1 is 1.27 bits per heavy atom. The summed E-state index contributed by atoms with van der Waals surface area (Å²) in [5.74, 6) is 0. The van der Waals surface area contributed by atoms with Gasteiger partial charge in [0.1, 0.15) is 5.58 Å². The number of nitrogens with zero attached hydrogens (tertiary/aromatic N) is 1. The number of hydrogen-bond acceptors (Lipinski definition) is 2. The minimum atomic E-state index is 0.894. The Bertz CT molecular complexity index is 284. The fourth-order valence-electron chi connectivity index (χ4n) is 0.807. The SMILES string of the molecule is CC.c1cc2occc2cn1. The van der Waals surface area contributed by atoms with E-state index in [0.29, 0.717) is 0 Å². The van der Waals surface area contributed by atoms with Gasteiger partial charge in [0.2, 0.25) is 0 Å². The maximum Gasteiger partial charge on any atom is 0.136 e. The van der Waals surface area contributed by atoms with Gasteiger partial charge in [0, 0.05) is 17.8 Å². The fraction of sp³-hybridized carbons (Fsp3) is 0.222. The molecule has 0 radical (unpaired) electrons. The van der Waals surface area contributed by atoms with Gasteiger partial charge in [0.15, 0.2) is 0 Å². The molecule has 11 heavy (non-hydrogen) atoms. The molecule has 0 N–H and O–H groups in total. The monoisotopic (exact) mass is 149 g/mol. The van der Waals surface area contributed by atoms with E-state index in [1.807, 2.05) is 26.0 Å². The molecule has 0 amide bonds. The number of pyridine rings is 1. The molecule has 0 aliphatic heterocycles. The molecule has 0 bridgehead atoms. The van der Waals surface area contributed by atoms with Crippen LogP contribution in [0.4, 0.5) is 0 Å². The van der Waals surface area contributed by atoms with Gasteiger partial charge in [-0.15, -0.1) is 0 Å². The second-order valence-corrected chi connectivity index (χ2v) is 1.83. The van der Waals surface area contributed by atoms with E-state index in [4.69, 9.17) is 4.42 Å². The van der Waals surface area contributed by atoms with E-state index in [9.17, 15) is 0 Å². The molecule has 0 aliphatic rings. The zero-order valence-electron chi connectivity index (χ0n) is 6.74. The standard InChI is InChI=1S/C7H5NO.C2H6/c1-3-8-5-6-2-4-9-7(1)6;1-2/h1-5H;1-2H3. The molecule has 2 aromatic heterocycles. The molecular weight excluding hydrogens is 138 g/mol. The summed E-state index contributed by atoms with van der Waals surface area (Å²) in [5, 5.41) is 1.05. The summed E-state index contributed by atoms with van der Waals surface area (Å²) in [6.07, 6.45) is 5.15. The first-order chi connectivity index (χ1) is 5.47. The minimum Gasteiger partial charge on any atom is -0.464 e. The quantitative estimate of drug-likeness (QED) is 0.575. The lowest BCUT2D eigenvalue weighted by Crippen LogP contribution is -1.65. The summed E-state index contributed by atoms with van der Waals surface area (Å²) in [7, 11) is 0. The topological polar surface area (TPSA) is 26.0 Å². The maximum atomic E-state index is 5.08. The first kappa shape index (κ1) is 7.79. The molecule has 0 saturated heterocycles. The molecule has 2 rings (SSSR count). The van der Waals surface area contributed by atoms with Crippen molar-refractivity contribution in [3.05, 3.63) is 30.8 Å². The average molecular weight is 149 g/mol. The summed E-state index contributed by atoms with van der Waals surface area (Å²) in [6, 6.07) is 3.73. The van der Waals surface area contributed by atoms with Gasteiger partial charge in [-0.25, -0.2) is 0 Å². The van der Waals surface area contributed by atoms with Gasteiger partial charge in [-0.3, -0.25) is 4.98 Å². The van der Waals surface area contributed by atoms with E-state index in [1.54, 1.807) is 18.7 Å². The van der Waals surface area contributed by atoms with Crippen molar-refractivity contribution in [2.75, 3.05) is 0 Å². The van der Waals surface area contributed by atoms with E-state index < -0.39 is 0 Å². The van der Waals surface area contributed by atoms with Gasteiger partial charge in [-0.2, -0.15) is 0 Å². The van der Waals surface area contributed by atoms with Crippen LogP contribution in [0.5, 0.6) is 0 Å². The van der Waals surface area contributed by atoms with E-state index in [-0.39, 0.29) is 0 Å². The first-order valence-electron chi connectivity index (χ1n) is 3.74. The lowest BCUT2D eigenvalue weighted by Gasteiger charge is -1.80. The van der Waals surface area contributed by atoms with Crippen LogP contribution >= 0.6 is 0 Å². The van der Waals surface area contributed by atoms with Crippen LogP contribution in [0.15, 0.2) is 35.2 Å². The molecule has 0 aromatic carbocycles. The summed E-state index contributed by atoms with van der Waals surface area (Å²) >= 11 is 0. The minimum absolute atomic E-state index is 0.894. The molecule has 0 unspecified atom stereocenters. The number of furan rings is 1. The van der Waals surface area contributed by atoms with Crippen LogP contribution in [0.1, 0.15) is 13.8 Å². The van der Waals surface area contributed by atoms with Gasteiger partial charge in [-0.1, -0.05) is 13.8 Å². The van der Waals surface area contributed by atoms with Crippen molar-refractivity contribution in [1.82, 2.24) is 4.98 Å². The van der Waals surface area contributed by atoms with Crippen molar-refractivity contribution in [2.24, 2.45) is 0 Å². The summed E-state index contributed by atoms with van der Waals surface area (Å²) < 4.78 is 5.08. The summed E-state index contributed by atoms with van der Waals surface area (Å²) in [6.45, 7) is 4.00. The van der Waals surface area contributed by atoms with E-state index >= 15 is 0 Å². The molecule has 2 aromatic rings. The Labute approximate surface area is 65.9 Å². The van der Waals surface area contributed by atoms with Crippen LogP contribution in [0, 0.1) is 0 Å². The number of aromatic nitrogens is 1. The number of fused-ring (bicyclic) bond motifs is 1. The Balaban J connectivity index is 0.000000281. The zero-order chi connectivity index (χ0) is 8.10. The molecule has 2 heteroatoms. The highest BCUT2D eigenvalue weighted by atomic mass is 16.3. The predicted octanol–water partition coefficient (Wildman–Crippen LogP) is 2.85. The van der Waals surface area contributed by atoms with Crippen molar-refractivity contribution in [2.45, 2.75) is 13.8 Å². The molecule has 0 saturated carbocycles. The Morgan fingerprint density at radius 3 is 2.82 bits per heavy atom. The molecule has 0 spiro atoms. The molecule has 0 atom stereocenters. The Morgan fingerprint density at radius 2 is 2.09 bits per heavy atom. The maximum absolute atomic E-state index is 5.08. The van der Waals surface area contributed by atoms with E-state index in [0.717, 1.165) is 11.0 Å². The Kier molecular flexibility index (Phi) is 2.66. The third-order valence-electron chi connectivity index (χ3n) is 1.25. The molecular formula is C9H11NO. The molecule has 2 nitrogen and oxygen atoms in total. The van der Waals surface area contributed by atoms with Crippen molar-refractivity contribution in [1.29, 1.82) is 0 Å². The van der Waals surface area contributed by atoms with Crippen molar-refractivity contribution in [3.8, 4) is 0 Å². The van der Waals surface area contributed by atoms with Crippen molar-refractivity contribution >= 4 is 11.0 Å². The van der Waals surface area contributed by atoms with Crippen LogP contribution in [-0.4, -0.2) is 4.98 Å². The second-order valence-electron chi connectivity index (χ2n) is 1.83. The fourth-order valence-corrected chi connectivity index (χ4v) is 0.807. The van der Waals surface area contributed by atoms with Crippen molar-refractivity contribution < 1.29 is 4.42 Å². The number of rotatable bonds is 0. The lowest BCUT2D eigenvalue weighted by molar-refractivity contribution is 0.615. The van der Waals surface area contributed by atoms with Gasteiger partial charge in [0.25, 0.3) is 0 Å². The van der Waals surface area contributed by atoms with Crippen LogP contribution in [0.3, 0.4) is 0 Å². The van der Waals surface area contributed by atoms with Gasteiger partial charge in [0.05, 0.1) is 6.26 Å². The molecule has 58 valence electrons. The van der Waals surface area contributed by atoms with E-state index in [1.165, 1.54) is 0 Å². The van der Waals surface area contributed by atoms with Gasteiger partial charge >= 0.3 is 0 Å². The van der Waals surface area contributed by atoms with Crippen LogP contribution in [0.25, 0.3) is 11.0 Å². The predicted molar refractivity (Wildman–Crippen MR) is 45.4 cm³/mol. The smallest absolute Gasteiger partial charge is 0.136 e. The third kappa shape index (κ3) is 1.58. The molecule has 2 heterocycles. The van der Waals surface area contributed by atoms with Gasteiger partial charge in [-0.05, 0) is 12.1 Å². The normalized spacial score (nSPS) is 8.91.